The van der Waals surface area contributed by atoms with Crippen molar-refractivity contribution in [2.75, 3.05) is 10.0 Å². The zero-order valence-electron chi connectivity index (χ0n) is 17.6. The summed E-state index contributed by atoms with van der Waals surface area (Å²) in [6.07, 6.45) is 0.611. The number of carboxylic acid groups (broad SMARTS) is 1. The Balaban J connectivity index is 1.70. The number of fused-ring (bicyclic) bond motifs is 1. The molecule has 8 heteroatoms. The molecule has 3 aromatic carbocycles. The number of halogens is 1. The topological polar surface area (TPSA) is 95.5 Å². The van der Waals surface area contributed by atoms with Gasteiger partial charge in [0.2, 0.25) is 0 Å². The summed E-state index contributed by atoms with van der Waals surface area (Å²) >= 11 is 0. The standard InChI is InChI=1S/C24H23FN2O4S/c1-24(2)14-16-13-15(23(28)29)7-12-20(16)26-22(24)19-5-3-4-6-21(19)27-32(30,31)18-10-8-17(25)9-11-18/h3-13,22,26-27H,14H2,1-2H3,(H,28,29). The molecule has 1 atom stereocenters. The first-order valence-corrected chi connectivity index (χ1v) is 11.6. The van der Waals surface area contributed by atoms with Crippen LogP contribution in [0.5, 0.6) is 0 Å². The number of carbonyl (C=O) groups is 1. The Morgan fingerprint density at radius 3 is 2.47 bits per heavy atom. The third-order valence-corrected chi connectivity index (χ3v) is 7.10. The van der Waals surface area contributed by atoms with Crippen molar-refractivity contribution in [3.05, 3.63) is 89.2 Å². The Bertz CT molecular complexity index is 1290. The van der Waals surface area contributed by atoms with Crippen LogP contribution in [-0.2, 0) is 16.4 Å². The highest BCUT2D eigenvalue weighted by Crippen LogP contribution is 2.47. The van der Waals surface area contributed by atoms with Crippen LogP contribution >= 0.6 is 0 Å². The lowest BCUT2D eigenvalue weighted by atomic mass is 9.72. The molecule has 0 bridgehead atoms. The van der Waals surface area contributed by atoms with Crippen LogP contribution in [0.1, 0.15) is 41.4 Å². The molecule has 1 aliphatic heterocycles. The van der Waals surface area contributed by atoms with Gasteiger partial charge in [-0.3, -0.25) is 4.72 Å². The van der Waals surface area contributed by atoms with Crippen LogP contribution < -0.4 is 10.0 Å². The molecule has 0 aliphatic carbocycles. The van der Waals surface area contributed by atoms with Crippen LogP contribution in [0.25, 0.3) is 0 Å². The minimum absolute atomic E-state index is 0.0314. The number of rotatable bonds is 5. The van der Waals surface area contributed by atoms with Crippen molar-refractivity contribution >= 4 is 27.4 Å². The van der Waals surface area contributed by atoms with E-state index in [0.29, 0.717) is 12.1 Å². The molecule has 3 aromatic rings. The van der Waals surface area contributed by atoms with E-state index in [1.165, 1.54) is 12.1 Å². The third kappa shape index (κ3) is 4.18. The Kier molecular flexibility index (Phi) is 5.42. The fourth-order valence-electron chi connectivity index (χ4n) is 4.12. The van der Waals surface area contributed by atoms with E-state index in [9.17, 15) is 22.7 Å². The monoisotopic (exact) mass is 454 g/mol. The Labute approximate surface area is 186 Å². The van der Waals surface area contributed by atoms with Gasteiger partial charge in [0.25, 0.3) is 10.0 Å². The number of nitrogens with one attached hydrogen (secondary N) is 2. The van der Waals surface area contributed by atoms with Crippen LogP contribution in [-0.4, -0.2) is 19.5 Å². The molecule has 1 aliphatic rings. The van der Waals surface area contributed by atoms with Crippen LogP contribution in [0, 0.1) is 11.2 Å². The van der Waals surface area contributed by atoms with Crippen LogP contribution in [0.4, 0.5) is 15.8 Å². The molecule has 166 valence electrons. The molecule has 0 fully saturated rings. The second kappa shape index (κ2) is 7.94. The van der Waals surface area contributed by atoms with E-state index < -0.39 is 21.8 Å². The number of para-hydroxylation sites is 1. The number of carboxylic acids is 1. The molecule has 0 saturated carbocycles. The summed E-state index contributed by atoms with van der Waals surface area (Å²) in [4.78, 5) is 11.3. The van der Waals surface area contributed by atoms with E-state index in [0.717, 1.165) is 28.9 Å². The average molecular weight is 455 g/mol. The molecule has 0 amide bonds. The lowest BCUT2D eigenvalue weighted by Crippen LogP contribution is -2.35. The number of hydrogen-bond donors (Lipinski definition) is 3. The molecule has 3 N–H and O–H groups in total. The summed E-state index contributed by atoms with van der Waals surface area (Å²) in [5, 5.41) is 12.8. The van der Waals surface area contributed by atoms with Gasteiger partial charge < -0.3 is 10.4 Å². The van der Waals surface area contributed by atoms with Crippen molar-refractivity contribution in [2.24, 2.45) is 5.41 Å². The van der Waals surface area contributed by atoms with Crippen LogP contribution in [0.15, 0.2) is 71.6 Å². The van der Waals surface area contributed by atoms with Gasteiger partial charge in [0.1, 0.15) is 5.82 Å². The van der Waals surface area contributed by atoms with Gasteiger partial charge in [-0.1, -0.05) is 32.0 Å². The number of sulfonamides is 1. The lowest BCUT2D eigenvalue weighted by Gasteiger charge is -2.42. The van der Waals surface area contributed by atoms with Crippen LogP contribution in [0.2, 0.25) is 0 Å². The van der Waals surface area contributed by atoms with Crippen molar-refractivity contribution in [1.29, 1.82) is 0 Å². The van der Waals surface area contributed by atoms with Gasteiger partial charge in [-0.05, 0) is 71.5 Å². The van der Waals surface area contributed by atoms with Gasteiger partial charge in [0.05, 0.1) is 22.2 Å². The summed E-state index contributed by atoms with van der Waals surface area (Å²) < 4.78 is 41.7. The lowest BCUT2D eigenvalue weighted by molar-refractivity contribution is 0.0696. The van der Waals surface area contributed by atoms with Crippen molar-refractivity contribution in [3.8, 4) is 0 Å². The predicted molar refractivity (Wildman–Crippen MR) is 121 cm³/mol. The molecule has 1 unspecified atom stereocenters. The smallest absolute Gasteiger partial charge is 0.335 e. The largest absolute Gasteiger partial charge is 0.478 e. The van der Waals surface area contributed by atoms with Gasteiger partial charge in [-0.2, -0.15) is 0 Å². The molecule has 0 saturated heterocycles. The van der Waals surface area contributed by atoms with Crippen molar-refractivity contribution in [1.82, 2.24) is 0 Å². The van der Waals surface area contributed by atoms with Gasteiger partial charge >= 0.3 is 5.97 Å². The van der Waals surface area contributed by atoms with Crippen LogP contribution in [0.3, 0.4) is 0 Å². The molecular weight excluding hydrogens is 431 g/mol. The minimum atomic E-state index is -3.91. The first-order chi connectivity index (χ1) is 15.1. The van der Waals surface area contributed by atoms with E-state index in [-0.39, 0.29) is 21.9 Å². The predicted octanol–water partition coefficient (Wildman–Crippen LogP) is 5.06. The zero-order valence-corrected chi connectivity index (χ0v) is 18.4. The molecule has 0 aromatic heterocycles. The Morgan fingerprint density at radius 2 is 1.78 bits per heavy atom. The Hall–Kier alpha value is -3.39. The van der Waals surface area contributed by atoms with E-state index in [4.69, 9.17) is 0 Å². The normalized spacial score (nSPS) is 17.2. The van der Waals surface area contributed by atoms with Gasteiger partial charge in [-0.25, -0.2) is 17.6 Å². The van der Waals surface area contributed by atoms with Crippen molar-refractivity contribution in [3.63, 3.8) is 0 Å². The maximum atomic E-state index is 13.2. The van der Waals surface area contributed by atoms with E-state index in [1.807, 2.05) is 26.0 Å². The fraction of sp³-hybridized carbons (Fsp3) is 0.208. The summed E-state index contributed by atoms with van der Waals surface area (Å²) in [7, 11) is -3.91. The summed E-state index contributed by atoms with van der Waals surface area (Å²) in [5.74, 6) is -1.49. The average Bonchev–Trinajstić information content (AvgIpc) is 2.73. The molecule has 0 spiro atoms. The summed E-state index contributed by atoms with van der Waals surface area (Å²) in [6, 6.07) is 16.5. The highest BCUT2D eigenvalue weighted by atomic mass is 32.2. The zero-order chi connectivity index (χ0) is 23.1. The van der Waals surface area contributed by atoms with Crippen molar-refractivity contribution < 1.29 is 22.7 Å². The second-order valence-electron chi connectivity index (χ2n) is 8.57. The van der Waals surface area contributed by atoms with Crippen molar-refractivity contribution in [2.45, 2.75) is 31.2 Å². The Morgan fingerprint density at radius 1 is 1.09 bits per heavy atom. The van der Waals surface area contributed by atoms with Gasteiger partial charge in [-0.15, -0.1) is 0 Å². The van der Waals surface area contributed by atoms with Gasteiger partial charge in [0.15, 0.2) is 0 Å². The van der Waals surface area contributed by atoms with E-state index in [1.54, 1.807) is 30.3 Å². The molecular formula is C24H23FN2O4S. The van der Waals surface area contributed by atoms with Gasteiger partial charge in [0, 0.05) is 5.69 Å². The fourth-order valence-corrected chi connectivity index (χ4v) is 5.20. The van der Waals surface area contributed by atoms with E-state index >= 15 is 0 Å². The second-order valence-corrected chi connectivity index (χ2v) is 10.2. The maximum Gasteiger partial charge on any atom is 0.335 e. The first-order valence-electron chi connectivity index (χ1n) is 10.1. The maximum absolute atomic E-state index is 13.2. The highest BCUT2D eigenvalue weighted by Gasteiger charge is 2.37. The highest BCUT2D eigenvalue weighted by molar-refractivity contribution is 7.92. The number of benzene rings is 3. The third-order valence-electron chi connectivity index (χ3n) is 5.72. The first kappa shape index (κ1) is 21.8. The molecule has 0 radical (unpaired) electrons. The SMILES string of the molecule is CC1(C)Cc2cc(C(=O)O)ccc2NC1c1ccccc1NS(=O)(=O)c1ccc(F)cc1. The summed E-state index contributed by atoms with van der Waals surface area (Å²) in [5.41, 5.74) is 2.78. The number of anilines is 2. The minimum Gasteiger partial charge on any atom is -0.478 e. The molecule has 4 rings (SSSR count). The number of aromatic carboxylic acids is 1. The quantitative estimate of drug-likeness (QED) is 0.501. The molecule has 1 heterocycles. The molecule has 6 nitrogen and oxygen atoms in total. The number of hydrogen-bond acceptors (Lipinski definition) is 4. The summed E-state index contributed by atoms with van der Waals surface area (Å²) in [6.45, 7) is 4.10. The molecule has 32 heavy (non-hydrogen) atoms. The van der Waals surface area contributed by atoms with E-state index in [2.05, 4.69) is 10.0 Å².